The summed E-state index contributed by atoms with van der Waals surface area (Å²) in [6.07, 6.45) is 3.24. The van der Waals surface area contributed by atoms with Crippen LogP contribution >= 0.6 is 15.9 Å². The van der Waals surface area contributed by atoms with Gasteiger partial charge in [-0.3, -0.25) is 0 Å². The van der Waals surface area contributed by atoms with Gasteiger partial charge in [0.25, 0.3) is 0 Å². The second kappa shape index (κ2) is 3.92. The summed E-state index contributed by atoms with van der Waals surface area (Å²) in [6, 6.07) is 6.28. The van der Waals surface area contributed by atoms with Crippen molar-refractivity contribution in [2.45, 2.75) is 12.3 Å². The molecule has 2 rings (SSSR count). The van der Waals surface area contributed by atoms with E-state index in [-0.39, 0.29) is 0 Å². The van der Waals surface area contributed by atoms with Crippen LogP contribution in [0.2, 0.25) is 0 Å². The van der Waals surface area contributed by atoms with Gasteiger partial charge in [0.2, 0.25) is 0 Å². The molecule has 0 amide bonds. The molecule has 0 aliphatic rings. The molecule has 1 aromatic heterocycles. The van der Waals surface area contributed by atoms with Crippen LogP contribution in [0.4, 0.5) is 0 Å². The lowest BCUT2D eigenvalue weighted by Gasteiger charge is -2.06. The molecule has 0 aliphatic carbocycles. The molecule has 1 aromatic carbocycles. The molecule has 0 fully saturated rings. The molecule has 0 saturated heterocycles. The fourth-order valence-electron chi connectivity index (χ4n) is 1.39. The summed E-state index contributed by atoms with van der Waals surface area (Å²) in [4.78, 5) is 3.92. The van der Waals surface area contributed by atoms with E-state index >= 15 is 0 Å². The maximum atomic E-state index is 4.10. The predicted octanol–water partition coefficient (Wildman–Crippen LogP) is 2.47. The van der Waals surface area contributed by atoms with Crippen molar-refractivity contribution in [2.75, 3.05) is 0 Å². The second-order valence-corrected chi connectivity index (χ2v) is 3.66. The molecule has 0 N–H and O–H groups in total. The zero-order valence-corrected chi connectivity index (χ0v) is 9.40. The highest BCUT2D eigenvalue weighted by molar-refractivity contribution is 9.08. The van der Waals surface area contributed by atoms with Crippen LogP contribution in [0.1, 0.15) is 11.1 Å². The molecule has 2 aromatic rings. The molecule has 4 heteroatoms. The van der Waals surface area contributed by atoms with E-state index in [1.54, 1.807) is 11.0 Å². The van der Waals surface area contributed by atoms with Gasteiger partial charge in [-0.15, -0.1) is 0 Å². The molecule has 72 valence electrons. The molecule has 0 aliphatic heterocycles. The van der Waals surface area contributed by atoms with Crippen LogP contribution in [0.25, 0.3) is 5.69 Å². The van der Waals surface area contributed by atoms with Gasteiger partial charge in [-0.2, -0.15) is 5.10 Å². The fourth-order valence-corrected chi connectivity index (χ4v) is 1.74. The maximum absolute atomic E-state index is 4.10. The third-order valence-electron chi connectivity index (χ3n) is 2.08. The van der Waals surface area contributed by atoms with E-state index in [1.807, 2.05) is 0 Å². The zero-order valence-electron chi connectivity index (χ0n) is 7.81. The molecule has 0 saturated carbocycles. The van der Waals surface area contributed by atoms with E-state index < -0.39 is 0 Å². The van der Waals surface area contributed by atoms with Gasteiger partial charge in [0.15, 0.2) is 0 Å². The highest BCUT2D eigenvalue weighted by Crippen LogP contribution is 2.16. The number of aryl methyl sites for hydroxylation is 1. The minimum atomic E-state index is 0.880. The van der Waals surface area contributed by atoms with Gasteiger partial charge in [0.1, 0.15) is 12.7 Å². The Hall–Kier alpha value is -1.16. The van der Waals surface area contributed by atoms with Crippen molar-refractivity contribution in [1.82, 2.24) is 14.8 Å². The SMILES string of the molecule is Cc1cc(CBr)ccc1-n1cncn1. The van der Waals surface area contributed by atoms with Gasteiger partial charge in [-0.25, -0.2) is 9.67 Å². The summed E-state index contributed by atoms with van der Waals surface area (Å²) in [5.74, 6) is 0. The van der Waals surface area contributed by atoms with Crippen LogP contribution < -0.4 is 0 Å². The first-order valence-corrected chi connectivity index (χ1v) is 5.44. The summed E-state index contributed by atoms with van der Waals surface area (Å²) < 4.78 is 1.77. The fraction of sp³-hybridized carbons (Fsp3) is 0.200. The van der Waals surface area contributed by atoms with Crippen molar-refractivity contribution < 1.29 is 0 Å². The van der Waals surface area contributed by atoms with E-state index in [1.165, 1.54) is 17.5 Å². The Balaban J connectivity index is 2.46. The number of hydrogen-bond donors (Lipinski definition) is 0. The van der Waals surface area contributed by atoms with Crippen LogP contribution in [-0.2, 0) is 5.33 Å². The molecular weight excluding hydrogens is 242 g/mol. The first-order valence-electron chi connectivity index (χ1n) is 4.32. The standard InChI is InChI=1S/C10H10BrN3/c1-8-4-9(5-11)2-3-10(8)14-7-12-6-13-14/h2-4,6-7H,5H2,1H3. The Bertz CT molecular complexity index is 423. The average molecular weight is 252 g/mol. The molecule has 0 bridgehead atoms. The smallest absolute Gasteiger partial charge is 0.138 e. The molecule has 3 nitrogen and oxygen atoms in total. The van der Waals surface area contributed by atoms with E-state index in [9.17, 15) is 0 Å². The molecule has 14 heavy (non-hydrogen) atoms. The number of benzene rings is 1. The van der Waals surface area contributed by atoms with Gasteiger partial charge >= 0.3 is 0 Å². The van der Waals surface area contributed by atoms with Gasteiger partial charge in [0, 0.05) is 5.33 Å². The van der Waals surface area contributed by atoms with E-state index in [0.29, 0.717) is 0 Å². The molecule has 0 atom stereocenters. The van der Waals surface area contributed by atoms with Crippen LogP contribution in [0.5, 0.6) is 0 Å². The molecular formula is C10H10BrN3. The van der Waals surface area contributed by atoms with E-state index in [0.717, 1.165) is 11.0 Å². The van der Waals surface area contributed by atoms with Crippen molar-refractivity contribution in [2.24, 2.45) is 0 Å². The molecule has 0 unspecified atom stereocenters. The topological polar surface area (TPSA) is 30.7 Å². The average Bonchev–Trinajstić information content (AvgIpc) is 2.70. The monoisotopic (exact) mass is 251 g/mol. The number of nitrogens with zero attached hydrogens (tertiary/aromatic N) is 3. The van der Waals surface area contributed by atoms with Crippen molar-refractivity contribution in [3.8, 4) is 5.69 Å². The van der Waals surface area contributed by atoms with Gasteiger partial charge in [0.05, 0.1) is 5.69 Å². The molecule has 0 radical (unpaired) electrons. The highest BCUT2D eigenvalue weighted by atomic mass is 79.9. The summed E-state index contributed by atoms with van der Waals surface area (Å²) >= 11 is 3.43. The number of aromatic nitrogens is 3. The number of rotatable bonds is 2. The Morgan fingerprint density at radius 3 is 2.86 bits per heavy atom. The minimum absolute atomic E-state index is 0.880. The van der Waals surface area contributed by atoms with Crippen LogP contribution in [0, 0.1) is 6.92 Å². The second-order valence-electron chi connectivity index (χ2n) is 3.09. The lowest BCUT2D eigenvalue weighted by Crippen LogP contribution is -1.97. The minimum Gasteiger partial charge on any atom is -0.223 e. The Labute approximate surface area is 90.9 Å². The maximum Gasteiger partial charge on any atom is 0.138 e. The van der Waals surface area contributed by atoms with Gasteiger partial charge < -0.3 is 0 Å². The molecule has 0 spiro atoms. The van der Waals surface area contributed by atoms with E-state index in [4.69, 9.17) is 0 Å². The lowest BCUT2D eigenvalue weighted by atomic mass is 10.1. The lowest BCUT2D eigenvalue weighted by molar-refractivity contribution is 0.870. The first kappa shape index (κ1) is 9.40. The predicted molar refractivity (Wildman–Crippen MR) is 58.7 cm³/mol. The summed E-state index contributed by atoms with van der Waals surface area (Å²) in [5.41, 5.74) is 3.55. The van der Waals surface area contributed by atoms with Crippen molar-refractivity contribution in [1.29, 1.82) is 0 Å². The number of hydrogen-bond acceptors (Lipinski definition) is 2. The Kier molecular flexibility index (Phi) is 2.63. The van der Waals surface area contributed by atoms with Crippen LogP contribution in [0.15, 0.2) is 30.9 Å². The summed E-state index contributed by atoms with van der Waals surface area (Å²) in [5, 5.41) is 4.98. The molecule has 1 heterocycles. The van der Waals surface area contributed by atoms with Gasteiger partial charge in [-0.05, 0) is 24.1 Å². The largest absolute Gasteiger partial charge is 0.223 e. The van der Waals surface area contributed by atoms with Crippen molar-refractivity contribution in [3.05, 3.63) is 42.0 Å². The van der Waals surface area contributed by atoms with Gasteiger partial charge in [-0.1, -0.05) is 28.1 Å². The summed E-state index contributed by atoms with van der Waals surface area (Å²) in [7, 11) is 0. The van der Waals surface area contributed by atoms with Crippen LogP contribution in [0.3, 0.4) is 0 Å². The Morgan fingerprint density at radius 2 is 2.29 bits per heavy atom. The first-order chi connectivity index (χ1) is 6.81. The normalized spacial score (nSPS) is 10.4. The van der Waals surface area contributed by atoms with Crippen molar-refractivity contribution >= 4 is 15.9 Å². The quantitative estimate of drug-likeness (QED) is 0.768. The number of halogens is 1. The third kappa shape index (κ3) is 1.70. The highest BCUT2D eigenvalue weighted by Gasteiger charge is 2.01. The summed E-state index contributed by atoms with van der Waals surface area (Å²) in [6.45, 7) is 2.07. The zero-order chi connectivity index (χ0) is 9.97. The van der Waals surface area contributed by atoms with E-state index in [2.05, 4.69) is 51.1 Å². The number of alkyl halides is 1. The van der Waals surface area contributed by atoms with Crippen LogP contribution in [-0.4, -0.2) is 14.8 Å². The van der Waals surface area contributed by atoms with Crippen molar-refractivity contribution in [3.63, 3.8) is 0 Å². The third-order valence-corrected chi connectivity index (χ3v) is 2.73. The Morgan fingerprint density at radius 1 is 1.43 bits per heavy atom.